The van der Waals surface area contributed by atoms with E-state index in [2.05, 4.69) is 25.7 Å². The Morgan fingerprint density at radius 2 is 2.12 bits per heavy atom. The third-order valence-corrected chi connectivity index (χ3v) is 2.55. The summed E-state index contributed by atoms with van der Waals surface area (Å²) < 4.78 is 0. The van der Waals surface area contributed by atoms with E-state index in [0.29, 0.717) is 0 Å². The van der Waals surface area contributed by atoms with Crippen LogP contribution in [0.2, 0.25) is 0 Å². The highest BCUT2D eigenvalue weighted by Crippen LogP contribution is 2.19. The first kappa shape index (κ1) is 9.77. The largest absolute Gasteiger partial charge is 0.379 e. The van der Waals surface area contributed by atoms with Crippen molar-refractivity contribution in [1.82, 2.24) is 20.4 Å². The highest BCUT2D eigenvalue weighted by Gasteiger charge is 2.03. The van der Waals surface area contributed by atoms with E-state index in [1.54, 1.807) is 6.20 Å². The van der Waals surface area contributed by atoms with Crippen molar-refractivity contribution in [3.63, 3.8) is 0 Å². The zero-order chi connectivity index (χ0) is 11.5. The molecular weight excluding hydrogens is 214 g/mol. The number of aromatic nitrogens is 4. The second kappa shape index (κ2) is 4.21. The van der Waals surface area contributed by atoms with E-state index >= 15 is 0 Å². The van der Waals surface area contributed by atoms with Crippen molar-refractivity contribution in [3.8, 4) is 0 Å². The highest BCUT2D eigenvalue weighted by atomic mass is 15.3. The lowest BCUT2D eigenvalue weighted by Gasteiger charge is -2.05. The summed E-state index contributed by atoms with van der Waals surface area (Å²) in [5.41, 5.74) is 3.82. The molecule has 0 aliphatic rings. The zero-order valence-electron chi connectivity index (χ0n) is 9.09. The minimum absolute atomic E-state index is 0.722. The van der Waals surface area contributed by atoms with Crippen molar-refractivity contribution in [2.45, 2.75) is 6.54 Å². The van der Waals surface area contributed by atoms with Gasteiger partial charge < -0.3 is 5.32 Å². The SMILES string of the molecule is c1cncc(CNc2cccc3n[nH]nc23)c1. The molecule has 0 fully saturated rings. The van der Waals surface area contributed by atoms with Crippen LogP contribution in [-0.2, 0) is 6.54 Å². The summed E-state index contributed by atoms with van der Waals surface area (Å²) in [6.07, 6.45) is 3.61. The molecule has 0 atom stereocenters. The maximum atomic E-state index is 4.12. The number of anilines is 1. The van der Waals surface area contributed by atoms with Gasteiger partial charge in [0.1, 0.15) is 11.0 Å². The summed E-state index contributed by atoms with van der Waals surface area (Å²) in [6.45, 7) is 0.722. The summed E-state index contributed by atoms with van der Waals surface area (Å²) in [5, 5.41) is 14.1. The molecule has 0 aliphatic heterocycles. The van der Waals surface area contributed by atoms with Crippen molar-refractivity contribution < 1.29 is 0 Å². The Hall–Kier alpha value is -2.43. The fourth-order valence-electron chi connectivity index (χ4n) is 1.71. The number of hydrogen-bond donors (Lipinski definition) is 2. The van der Waals surface area contributed by atoms with Crippen LogP contribution in [0.1, 0.15) is 5.56 Å². The van der Waals surface area contributed by atoms with Crippen LogP contribution in [0.15, 0.2) is 42.7 Å². The van der Waals surface area contributed by atoms with E-state index in [0.717, 1.165) is 28.8 Å². The monoisotopic (exact) mass is 225 g/mol. The molecule has 2 N–H and O–H groups in total. The van der Waals surface area contributed by atoms with Crippen LogP contribution in [0, 0.1) is 0 Å². The van der Waals surface area contributed by atoms with Crippen LogP contribution in [-0.4, -0.2) is 20.4 Å². The van der Waals surface area contributed by atoms with E-state index in [-0.39, 0.29) is 0 Å². The van der Waals surface area contributed by atoms with Gasteiger partial charge in [0.2, 0.25) is 0 Å². The van der Waals surface area contributed by atoms with Crippen LogP contribution >= 0.6 is 0 Å². The zero-order valence-corrected chi connectivity index (χ0v) is 9.09. The number of aromatic amines is 1. The predicted molar refractivity (Wildman–Crippen MR) is 65.5 cm³/mol. The Kier molecular flexibility index (Phi) is 2.42. The number of H-pyrrole nitrogens is 1. The molecule has 3 aromatic rings. The van der Waals surface area contributed by atoms with E-state index < -0.39 is 0 Å². The molecule has 2 aromatic heterocycles. The first-order valence-electron chi connectivity index (χ1n) is 5.36. The molecule has 5 heteroatoms. The average Bonchev–Trinajstić information content (AvgIpc) is 2.86. The minimum Gasteiger partial charge on any atom is -0.379 e. The van der Waals surface area contributed by atoms with Gasteiger partial charge in [-0.2, -0.15) is 15.4 Å². The van der Waals surface area contributed by atoms with Crippen LogP contribution in [0.5, 0.6) is 0 Å². The predicted octanol–water partition coefficient (Wildman–Crippen LogP) is 1.96. The number of para-hydroxylation sites is 1. The molecule has 2 heterocycles. The number of pyridine rings is 1. The quantitative estimate of drug-likeness (QED) is 0.715. The van der Waals surface area contributed by atoms with E-state index in [1.807, 2.05) is 36.5 Å². The second-order valence-corrected chi connectivity index (χ2v) is 3.71. The normalized spacial score (nSPS) is 10.6. The van der Waals surface area contributed by atoms with Gasteiger partial charge in [0.05, 0.1) is 5.69 Å². The number of hydrogen-bond acceptors (Lipinski definition) is 4. The van der Waals surface area contributed by atoms with Crippen LogP contribution < -0.4 is 5.32 Å². The number of rotatable bonds is 3. The lowest BCUT2D eigenvalue weighted by atomic mass is 10.2. The Morgan fingerprint density at radius 1 is 1.12 bits per heavy atom. The maximum Gasteiger partial charge on any atom is 0.136 e. The lowest BCUT2D eigenvalue weighted by Crippen LogP contribution is -2.00. The van der Waals surface area contributed by atoms with Crippen molar-refractivity contribution in [3.05, 3.63) is 48.3 Å². The summed E-state index contributed by atoms with van der Waals surface area (Å²) in [4.78, 5) is 4.08. The molecule has 0 amide bonds. The van der Waals surface area contributed by atoms with Gasteiger partial charge in [0, 0.05) is 18.9 Å². The molecule has 5 nitrogen and oxygen atoms in total. The van der Waals surface area contributed by atoms with Gasteiger partial charge in [0.25, 0.3) is 0 Å². The van der Waals surface area contributed by atoms with Crippen LogP contribution in [0.3, 0.4) is 0 Å². The van der Waals surface area contributed by atoms with Gasteiger partial charge in [-0.05, 0) is 23.8 Å². The average molecular weight is 225 g/mol. The molecule has 0 unspecified atom stereocenters. The molecule has 17 heavy (non-hydrogen) atoms. The molecule has 0 aliphatic carbocycles. The maximum absolute atomic E-state index is 4.12. The number of nitrogens with zero attached hydrogens (tertiary/aromatic N) is 3. The second-order valence-electron chi connectivity index (χ2n) is 3.71. The number of nitrogens with one attached hydrogen (secondary N) is 2. The van der Waals surface area contributed by atoms with Crippen molar-refractivity contribution >= 4 is 16.7 Å². The van der Waals surface area contributed by atoms with Gasteiger partial charge in [-0.3, -0.25) is 4.98 Å². The van der Waals surface area contributed by atoms with Gasteiger partial charge in [-0.1, -0.05) is 12.1 Å². The third-order valence-electron chi connectivity index (χ3n) is 2.55. The Morgan fingerprint density at radius 3 is 3.00 bits per heavy atom. The molecule has 0 bridgehead atoms. The fraction of sp³-hybridized carbons (Fsp3) is 0.0833. The fourth-order valence-corrected chi connectivity index (χ4v) is 1.71. The summed E-state index contributed by atoms with van der Waals surface area (Å²) >= 11 is 0. The van der Waals surface area contributed by atoms with Crippen molar-refractivity contribution in [2.75, 3.05) is 5.32 Å². The van der Waals surface area contributed by atoms with Gasteiger partial charge in [-0.25, -0.2) is 0 Å². The smallest absolute Gasteiger partial charge is 0.136 e. The molecule has 3 rings (SSSR count). The minimum atomic E-state index is 0.722. The van der Waals surface area contributed by atoms with Crippen molar-refractivity contribution in [1.29, 1.82) is 0 Å². The molecule has 0 saturated carbocycles. The summed E-state index contributed by atoms with van der Waals surface area (Å²) in [5.74, 6) is 0. The number of benzene rings is 1. The molecule has 1 aromatic carbocycles. The van der Waals surface area contributed by atoms with E-state index in [9.17, 15) is 0 Å². The topological polar surface area (TPSA) is 66.5 Å². The first-order valence-corrected chi connectivity index (χ1v) is 5.36. The van der Waals surface area contributed by atoms with Gasteiger partial charge >= 0.3 is 0 Å². The molecule has 0 saturated heterocycles. The van der Waals surface area contributed by atoms with E-state index in [1.165, 1.54) is 0 Å². The van der Waals surface area contributed by atoms with Gasteiger partial charge in [0.15, 0.2) is 0 Å². The third kappa shape index (κ3) is 1.94. The van der Waals surface area contributed by atoms with Gasteiger partial charge in [-0.15, -0.1) is 0 Å². The molecular formula is C12H11N5. The molecule has 84 valence electrons. The van der Waals surface area contributed by atoms with Crippen LogP contribution in [0.4, 0.5) is 5.69 Å². The summed E-state index contributed by atoms with van der Waals surface area (Å²) in [7, 11) is 0. The Bertz CT molecular complexity index is 617. The number of fused-ring (bicyclic) bond motifs is 1. The Balaban J connectivity index is 1.84. The standard InChI is InChI=1S/C12H11N5/c1-4-10(12-11(5-1)15-17-16-12)14-8-9-3-2-6-13-7-9/h1-7,14H,8H2,(H,15,16,17). The summed E-state index contributed by atoms with van der Waals surface area (Å²) in [6, 6.07) is 9.82. The Labute approximate surface area is 97.9 Å². The van der Waals surface area contributed by atoms with E-state index in [4.69, 9.17) is 0 Å². The molecule has 0 radical (unpaired) electrons. The highest BCUT2D eigenvalue weighted by molar-refractivity contribution is 5.87. The lowest BCUT2D eigenvalue weighted by molar-refractivity contribution is 0.959. The molecule has 0 spiro atoms. The first-order chi connectivity index (χ1) is 8.43. The van der Waals surface area contributed by atoms with Crippen LogP contribution in [0.25, 0.3) is 11.0 Å². The van der Waals surface area contributed by atoms with Crippen molar-refractivity contribution in [2.24, 2.45) is 0 Å².